The molecular weight excluding hydrogens is 356 g/mol. The molecule has 140 valence electrons. The van der Waals surface area contributed by atoms with Gasteiger partial charge in [0, 0.05) is 30.0 Å². The molecule has 1 aromatic rings. The highest BCUT2D eigenvalue weighted by Gasteiger charge is 2.29. The van der Waals surface area contributed by atoms with E-state index in [9.17, 15) is 19.2 Å². The smallest absolute Gasteiger partial charge is 0.258 e. The first-order valence-corrected chi connectivity index (χ1v) is 9.05. The van der Waals surface area contributed by atoms with Crippen LogP contribution in [-0.4, -0.2) is 28.5 Å². The summed E-state index contributed by atoms with van der Waals surface area (Å²) in [6.45, 7) is 2.07. The molecule has 6 heteroatoms. The predicted octanol–water partition coefficient (Wildman–Crippen LogP) is 2.43. The van der Waals surface area contributed by atoms with Gasteiger partial charge in [-0.05, 0) is 42.5 Å². The third-order valence-corrected chi connectivity index (χ3v) is 5.15. The van der Waals surface area contributed by atoms with Crippen molar-refractivity contribution in [2.24, 2.45) is 5.92 Å². The van der Waals surface area contributed by atoms with E-state index < -0.39 is 0 Å². The maximum Gasteiger partial charge on any atom is 0.258 e. The van der Waals surface area contributed by atoms with Crippen molar-refractivity contribution in [3.63, 3.8) is 0 Å². The van der Waals surface area contributed by atoms with E-state index in [1.54, 1.807) is 12.1 Å². The van der Waals surface area contributed by atoms with Crippen LogP contribution in [0.4, 0.5) is 5.69 Å². The fraction of sp³-hybridized carbons (Fsp3) is 0.182. The maximum atomic E-state index is 11.9. The van der Waals surface area contributed by atoms with E-state index in [-0.39, 0.29) is 29.5 Å². The summed E-state index contributed by atoms with van der Waals surface area (Å²) >= 11 is 0. The van der Waals surface area contributed by atoms with Crippen molar-refractivity contribution in [1.29, 1.82) is 0 Å². The Hall–Kier alpha value is -3.54. The number of nitrogens with zero attached hydrogens (tertiary/aromatic N) is 2. The molecule has 0 spiro atoms. The van der Waals surface area contributed by atoms with Gasteiger partial charge in [0.25, 0.3) is 23.6 Å². The molecule has 0 saturated carbocycles. The zero-order chi connectivity index (χ0) is 19.8. The van der Waals surface area contributed by atoms with E-state index in [4.69, 9.17) is 0 Å². The van der Waals surface area contributed by atoms with Crippen LogP contribution in [0.15, 0.2) is 72.0 Å². The Morgan fingerprint density at radius 2 is 1.32 bits per heavy atom. The number of carbonyl (C=O) groups is 4. The number of amides is 4. The molecule has 2 heterocycles. The first-order chi connectivity index (χ1) is 13.4. The van der Waals surface area contributed by atoms with Crippen molar-refractivity contribution in [1.82, 2.24) is 4.90 Å². The summed E-state index contributed by atoms with van der Waals surface area (Å²) in [7, 11) is 0. The maximum absolute atomic E-state index is 11.9. The van der Waals surface area contributed by atoms with E-state index in [0.717, 1.165) is 10.5 Å². The fourth-order valence-electron chi connectivity index (χ4n) is 3.62. The molecular formula is C22H18N2O4. The monoisotopic (exact) mass is 374 g/mol. The average molecular weight is 374 g/mol. The number of allylic oxidation sites excluding steroid dienone is 4. The van der Waals surface area contributed by atoms with Gasteiger partial charge in [-0.2, -0.15) is 0 Å². The molecule has 1 aromatic carbocycles. The van der Waals surface area contributed by atoms with Crippen LogP contribution in [0, 0.1) is 5.92 Å². The number of rotatable bonds is 4. The lowest BCUT2D eigenvalue weighted by Crippen LogP contribution is -2.31. The predicted molar refractivity (Wildman–Crippen MR) is 103 cm³/mol. The van der Waals surface area contributed by atoms with E-state index in [1.165, 1.54) is 34.8 Å². The van der Waals surface area contributed by atoms with Gasteiger partial charge >= 0.3 is 0 Å². The van der Waals surface area contributed by atoms with Crippen molar-refractivity contribution in [2.45, 2.75) is 19.8 Å². The Balaban J connectivity index is 1.48. The minimum Gasteiger partial charge on any atom is -0.269 e. The quantitative estimate of drug-likeness (QED) is 0.759. The molecule has 4 amide bonds. The van der Waals surface area contributed by atoms with Crippen molar-refractivity contribution in [2.75, 3.05) is 4.90 Å². The normalized spacial score (nSPS) is 21.7. The number of imide groups is 2. The molecule has 3 aliphatic rings. The summed E-state index contributed by atoms with van der Waals surface area (Å²) in [6.07, 6.45) is 10.2. The topological polar surface area (TPSA) is 74.8 Å². The van der Waals surface area contributed by atoms with E-state index in [2.05, 4.69) is 6.92 Å². The lowest BCUT2D eigenvalue weighted by molar-refractivity contribution is -0.134. The van der Waals surface area contributed by atoms with Crippen molar-refractivity contribution < 1.29 is 19.2 Å². The highest BCUT2D eigenvalue weighted by molar-refractivity contribution is 6.28. The van der Waals surface area contributed by atoms with Crippen molar-refractivity contribution in [3.8, 4) is 0 Å². The standard InChI is InChI=1S/C22H18N2O4/c1-14-12-18(24-21(27)10-11-22(24)28)7-4-16(14)13-15-2-5-17(6-3-15)23-19(25)8-9-20(23)26/h2-11,14H,12-13H2,1H3. The van der Waals surface area contributed by atoms with Crippen LogP contribution in [0.5, 0.6) is 0 Å². The molecule has 28 heavy (non-hydrogen) atoms. The van der Waals surface area contributed by atoms with E-state index in [1.807, 2.05) is 24.3 Å². The third kappa shape index (κ3) is 3.13. The van der Waals surface area contributed by atoms with Gasteiger partial charge in [-0.1, -0.05) is 30.7 Å². The molecule has 0 bridgehead atoms. The van der Waals surface area contributed by atoms with Crippen LogP contribution >= 0.6 is 0 Å². The van der Waals surface area contributed by atoms with Gasteiger partial charge in [-0.25, -0.2) is 9.80 Å². The Bertz CT molecular complexity index is 975. The van der Waals surface area contributed by atoms with Gasteiger partial charge < -0.3 is 0 Å². The lowest BCUT2D eigenvalue weighted by atomic mass is 9.87. The summed E-state index contributed by atoms with van der Waals surface area (Å²) < 4.78 is 0. The number of anilines is 1. The van der Waals surface area contributed by atoms with Gasteiger partial charge in [0.1, 0.15) is 0 Å². The van der Waals surface area contributed by atoms with Gasteiger partial charge in [-0.15, -0.1) is 0 Å². The van der Waals surface area contributed by atoms with Crippen LogP contribution in [0.3, 0.4) is 0 Å². The SMILES string of the molecule is CC1CC(N2C(=O)C=CC2=O)=CC=C1Cc1ccc(N2C(=O)C=CC2=O)cc1. The van der Waals surface area contributed by atoms with Gasteiger partial charge in [0.2, 0.25) is 0 Å². The van der Waals surface area contributed by atoms with Crippen LogP contribution in [0.25, 0.3) is 0 Å². The highest BCUT2D eigenvalue weighted by atomic mass is 16.2. The Kier molecular flexibility index (Phi) is 4.39. The number of carbonyl (C=O) groups excluding carboxylic acids is 4. The van der Waals surface area contributed by atoms with Crippen LogP contribution in [0.2, 0.25) is 0 Å². The molecule has 4 rings (SSSR count). The number of hydrogen-bond acceptors (Lipinski definition) is 4. The molecule has 0 radical (unpaired) electrons. The highest BCUT2D eigenvalue weighted by Crippen LogP contribution is 2.31. The number of hydrogen-bond donors (Lipinski definition) is 0. The van der Waals surface area contributed by atoms with Crippen LogP contribution in [0.1, 0.15) is 18.9 Å². The fourth-order valence-corrected chi connectivity index (χ4v) is 3.62. The summed E-state index contributed by atoms with van der Waals surface area (Å²) in [4.78, 5) is 49.6. The molecule has 0 fully saturated rings. The second-order valence-corrected chi connectivity index (χ2v) is 7.04. The average Bonchev–Trinajstić information content (AvgIpc) is 3.19. The third-order valence-electron chi connectivity index (χ3n) is 5.15. The van der Waals surface area contributed by atoms with Gasteiger partial charge in [0.15, 0.2) is 0 Å². The largest absolute Gasteiger partial charge is 0.269 e. The van der Waals surface area contributed by atoms with Gasteiger partial charge in [0.05, 0.1) is 5.69 Å². The molecule has 6 nitrogen and oxygen atoms in total. The summed E-state index contributed by atoms with van der Waals surface area (Å²) in [5.74, 6) is -1.07. The first-order valence-electron chi connectivity index (χ1n) is 9.05. The second-order valence-electron chi connectivity index (χ2n) is 7.04. The van der Waals surface area contributed by atoms with Crippen molar-refractivity contribution >= 4 is 29.3 Å². The van der Waals surface area contributed by atoms with Crippen LogP contribution < -0.4 is 4.90 Å². The van der Waals surface area contributed by atoms with E-state index in [0.29, 0.717) is 24.2 Å². The Morgan fingerprint density at radius 1 is 0.786 bits per heavy atom. The Morgan fingerprint density at radius 3 is 1.86 bits per heavy atom. The second kappa shape index (κ2) is 6.88. The Labute approximate surface area is 162 Å². The molecule has 0 N–H and O–H groups in total. The first kappa shape index (κ1) is 17.9. The van der Waals surface area contributed by atoms with Crippen LogP contribution in [-0.2, 0) is 25.6 Å². The molecule has 0 aromatic heterocycles. The lowest BCUT2D eigenvalue weighted by Gasteiger charge is -2.26. The molecule has 2 aliphatic heterocycles. The zero-order valence-corrected chi connectivity index (χ0v) is 15.3. The van der Waals surface area contributed by atoms with E-state index >= 15 is 0 Å². The molecule has 1 aliphatic carbocycles. The minimum absolute atomic E-state index is 0.187. The molecule has 1 unspecified atom stereocenters. The number of benzene rings is 1. The molecule has 1 atom stereocenters. The minimum atomic E-state index is -0.334. The van der Waals surface area contributed by atoms with Gasteiger partial charge in [-0.3, -0.25) is 19.2 Å². The molecule has 0 saturated heterocycles. The summed E-state index contributed by atoms with van der Waals surface area (Å²) in [5, 5.41) is 0. The summed E-state index contributed by atoms with van der Waals surface area (Å²) in [5.41, 5.74) is 3.51. The summed E-state index contributed by atoms with van der Waals surface area (Å²) in [6, 6.07) is 7.33. The van der Waals surface area contributed by atoms with Crippen molar-refractivity contribution in [3.05, 3.63) is 77.6 Å². The zero-order valence-electron chi connectivity index (χ0n) is 15.3.